The monoisotopic (exact) mass is 291 g/mol. The predicted molar refractivity (Wildman–Crippen MR) is 85.2 cm³/mol. The molecule has 1 aromatic rings. The molecule has 0 atom stereocenters. The summed E-state index contributed by atoms with van der Waals surface area (Å²) in [7, 11) is 1.75. The molecular formula is C16H25N3O2. The summed E-state index contributed by atoms with van der Waals surface area (Å²) in [6, 6.07) is 7.61. The number of anilines is 1. The van der Waals surface area contributed by atoms with E-state index in [9.17, 15) is 9.59 Å². The SMILES string of the molecule is Cc1ccc(NC(=O)CN(C)CC(=O)NCC(C)C)cc1. The second-order valence-corrected chi connectivity index (χ2v) is 5.78. The molecule has 0 radical (unpaired) electrons. The Morgan fingerprint density at radius 2 is 1.67 bits per heavy atom. The molecule has 0 bridgehead atoms. The summed E-state index contributed by atoms with van der Waals surface area (Å²) in [4.78, 5) is 25.2. The number of nitrogens with zero attached hydrogens (tertiary/aromatic N) is 1. The van der Waals surface area contributed by atoms with Gasteiger partial charge in [-0.15, -0.1) is 0 Å². The largest absolute Gasteiger partial charge is 0.355 e. The molecule has 116 valence electrons. The van der Waals surface area contributed by atoms with Crippen LogP contribution in [0.1, 0.15) is 19.4 Å². The third kappa shape index (κ3) is 7.46. The van der Waals surface area contributed by atoms with Crippen molar-refractivity contribution in [1.82, 2.24) is 10.2 Å². The highest BCUT2D eigenvalue weighted by Crippen LogP contribution is 2.08. The van der Waals surface area contributed by atoms with E-state index in [2.05, 4.69) is 10.6 Å². The number of aryl methyl sites for hydroxylation is 1. The minimum absolute atomic E-state index is 0.0608. The van der Waals surface area contributed by atoms with E-state index in [1.54, 1.807) is 11.9 Å². The highest BCUT2D eigenvalue weighted by atomic mass is 16.2. The van der Waals surface area contributed by atoms with Gasteiger partial charge in [0.2, 0.25) is 11.8 Å². The van der Waals surface area contributed by atoms with Crippen molar-refractivity contribution >= 4 is 17.5 Å². The molecular weight excluding hydrogens is 266 g/mol. The first-order chi connectivity index (χ1) is 9.86. The van der Waals surface area contributed by atoms with Gasteiger partial charge in [0.15, 0.2) is 0 Å². The topological polar surface area (TPSA) is 61.4 Å². The fourth-order valence-electron chi connectivity index (χ4n) is 1.76. The van der Waals surface area contributed by atoms with Gasteiger partial charge in [-0.2, -0.15) is 0 Å². The van der Waals surface area contributed by atoms with Crippen molar-refractivity contribution in [1.29, 1.82) is 0 Å². The quantitative estimate of drug-likeness (QED) is 0.803. The summed E-state index contributed by atoms with van der Waals surface area (Å²) in [6.45, 7) is 7.13. The van der Waals surface area contributed by atoms with Crippen molar-refractivity contribution in [3.8, 4) is 0 Å². The molecule has 0 saturated carbocycles. The van der Waals surface area contributed by atoms with Crippen LogP contribution in [0.25, 0.3) is 0 Å². The second-order valence-electron chi connectivity index (χ2n) is 5.78. The lowest BCUT2D eigenvalue weighted by Crippen LogP contribution is -2.39. The number of nitrogens with one attached hydrogen (secondary N) is 2. The number of amides is 2. The van der Waals surface area contributed by atoms with Crippen molar-refractivity contribution in [2.45, 2.75) is 20.8 Å². The Balaban J connectivity index is 2.33. The van der Waals surface area contributed by atoms with Crippen molar-refractivity contribution < 1.29 is 9.59 Å². The fraction of sp³-hybridized carbons (Fsp3) is 0.500. The third-order valence-corrected chi connectivity index (χ3v) is 2.87. The van der Waals surface area contributed by atoms with Crippen molar-refractivity contribution in [2.24, 2.45) is 5.92 Å². The van der Waals surface area contributed by atoms with Crippen LogP contribution in [-0.2, 0) is 9.59 Å². The molecule has 0 spiro atoms. The van der Waals surface area contributed by atoms with Gasteiger partial charge in [-0.1, -0.05) is 31.5 Å². The van der Waals surface area contributed by atoms with Crippen LogP contribution in [0.3, 0.4) is 0 Å². The minimum atomic E-state index is -0.127. The van der Waals surface area contributed by atoms with E-state index >= 15 is 0 Å². The van der Waals surface area contributed by atoms with Gasteiger partial charge >= 0.3 is 0 Å². The van der Waals surface area contributed by atoms with Gasteiger partial charge in [-0.05, 0) is 32.0 Å². The van der Waals surface area contributed by atoms with E-state index < -0.39 is 0 Å². The van der Waals surface area contributed by atoms with Crippen LogP contribution in [0.2, 0.25) is 0 Å². The molecule has 0 unspecified atom stereocenters. The Labute approximate surface area is 126 Å². The zero-order valence-electron chi connectivity index (χ0n) is 13.3. The van der Waals surface area contributed by atoms with E-state index in [0.29, 0.717) is 12.5 Å². The number of hydrogen-bond acceptors (Lipinski definition) is 3. The van der Waals surface area contributed by atoms with Gasteiger partial charge < -0.3 is 10.6 Å². The summed E-state index contributed by atoms with van der Waals surface area (Å²) >= 11 is 0. The Morgan fingerprint density at radius 1 is 1.10 bits per heavy atom. The summed E-state index contributed by atoms with van der Waals surface area (Å²) in [5, 5.41) is 5.64. The summed E-state index contributed by atoms with van der Waals surface area (Å²) in [6.07, 6.45) is 0. The number of benzene rings is 1. The van der Waals surface area contributed by atoms with E-state index in [1.807, 2.05) is 45.0 Å². The number of rotatable bonds is 7. The summed E-state index contributed by atoms with van der Waals surface area (Å²) in [5.74, 6) is 0.233. The van der Waals surface area contributed by atoms with Gasteiger partial charge in [0.25, 0.3) is 0 Å². The van der Waals surface area contributed by atoms with E-state index in [4.69, 9.17) is 0 Å². The molecule has 0 aliphatic rings. The van der Waals surface area contributed by atoms with E-state index in [1.165, 1.54) is 0 Å². The molecule has 2 amide bonds. The lowest BCUT2D eigenvalue weighted by Gasteiger charge is -2.16. The lowest BCUT2D eigenvalue weighted by molar-refractivity contribution is -0.123. The van der Waals surface area contributed by atoms with E-state index in [0.717, 1.165) is 11.3 Å². The van der Waals surface area contributed by atoms with Crippen LogP contribution in [0.15, 0.2) is 24.3 Å². The smallest absolute Gasteiger partial charge is 0.238 e. The normalized spacial score (nSPS) is 10.8. The second kappa shape index (κ2) is 8.42. The standard InChI is InChI=1S/C16H25N3O2/c1-12(2)9-17-15(20)10-19(4)11-16(21)18-14-7-5-13(3)6-8-14/h5-8,12H,9-11H2,1-4H3,(H,17,20)(H,18,21). The molecule has 5 heteroatoms. The number of carbonyl (C=O) groups is 2. The molecule has 1 rings (SSSR count). The van der Waals surface area contributed by atoms with Crippen LogP contribution in [-0.4, -0.2) is 43.4 Å². The van der Waals surface area contributed by atoms with Crippen molar-refractivity contribution in [3.63, 3.8) is 0 Å². The third-order valence-electron chi connectivity index (χ3n) is 2.87. The van der Waals surface area contributed by atoms with Crippen LogP contribution in [0.5, 0.6) is 0 Å². The van der Waals surface area contributed by atoms with E-state index in [-0.39, 0.29) is 24.9 Å². The molecule has 5 nitrogen and oxygen atoms in total. The maximum atomic E-state index is 11.9. The number of hydrogen-bond donors (Lipinski definition) is 2. The van der Waals surface area contributed by atoms with Gasteiger partial charge in [-0.3, -0.25) is 14.5 Å². The highest BCUT2D eigenvalue weighted by Gasteiger charge is 2.11. The molecule has 0 heterocycles. The maximum Gasteiger partial charge on any atom is 0.238 e. The molecule has 1 aromatic carbocycles. The Hall–Kier alpha value is -1.88. The van der Waals surface area contributed by atoms with Crippen molar-refractivity contribution in [2.75, 3.05) is 32.0 Å². The number of carbonyl (C=O) groups excluding carboxylic acids is 2. The average Bonchev–Trinajstić information content (AvgIpc) is 2.38. The maximum absolute atomic E-state index is 11.9. The molecule has 0 saturated heterocycles. The van der Waals surface area contributed by atoms with Crippen LogP contribution in [0, 0.1) is 12.8 Å². The minimum Gasteiger partial charge on any atom is -0.355 e. The fourth-order valence-corrected chi connectivity index (χ4v) is 1.76. The highest BCUT2D eigenvalue weighted by molar-refractivity contribution is 5.92. The van der Waals surface area contributed by atoms with Gasteiger partial charge in [0, 0.05) is 12.2 Å². The lowest BCUT2D eigenvalue weighted by atomic mass is 10.2. The zero-order chi connectivity index (χ0) is 15.8. The molecule has 0 aromatic heterocycles. The van der Waals surface area contributed by atoms with Gasteiger partial charge in [0.1, 0.15) is 0 Å². The molecule has 0 aliphatic heterocycles. The number of likely N-dealkylation sites (N-methyl/N-ethyl adjacent to an activating group) is 1. The summed E-state index contributed by atoms with van der Waals surface area (Å²) < 4.78 is 0. The first kappa shape index (κ1) is 17.2. The predicted octanol–water partition coefficient (Wildman–Crippen LogP) is 1.64. The molecule has 2 N–H and O–H groups in total. The van der Waals surface area contributed by atoms with Gasteiger partial charge in [-0.25, -0.2) is 0 Å². The molecule has 0 fully saturated rings. The zero-order valence-corrected chi connectivity index (χ0v) is 13.3. The first-order valence-electron chi connectivity index (χ1n) is 7.18. The molecule has 0 aliphatic carbocycles. The molecule has 21 heavy (non-hydrogen) atoms. The summed E-state index contributed by atoms with van der Waals surface area (Å²) in [5.41, 5.74) is 1.91. The van der Waals surface area contributed by atoms with Crippen LogP contribution in [0.4, 0.5) is 5.69 Å². The van der Waals surface area contributed by atoms with Crippen molar-refractivity contribution in [3.05, 3.63) is 29.8 Å². The van der Waals surface area contributed by atoms with Gasteiger partial charge in [0.05, 0.1) is 13.1 Å². The Kier molecular flexibility index (Phi) is 6.88. The Morgan fingerprint density at radius 3 is 2.24 bits per heavy atom. The first-order valence-corrected chi connectivity index (χ1v) is 7.18. The van der Waals surface area contributed by atoms with Crippen LogP contribution < -0.4 is 10.6 Å². The van der Waals surface area contributed by atoms with Crippen LogP contribution >= 0.6 is 0 Å². The Bertz CT molecular complexity index is 469. The average molecular weight is 291 g/mol.